The number of hydrogen-bond acceptors (Lipinski definition) is 5. The molecule has 0 radical (unpaired) electrons. The fourth-order valence-electron chi connectivity index (χ4n) is 1.49. The highest BCUT2D eigenvalue weighted by Crippen LogP contribution is 2.17. The summed E-state index contributed by atoms with van der Waals surface area (Å²) in [6.07, 6.45) is 3.97. The predicted octanol–water partition coefficient (Wildman–Crippen LogP) is 0.615. The number of primary amides is 1. The third-order valence-electron chi connectivity index (χ3n) is 2.36. The Bertz CT molecular complexity index is 577. The summed E-state index contributed by atoms with van der Waals surface area (Å²) < 4.78 is 1.65. The van der Waals surface area contributed by atoms with Crippen LogP contribution in [0, 0.1) is 0 Å². The smallest absolute Gasteiger partial charge is 0.269 e. The number of aryl methyl sites for hydroxylation is 2. The van der Waals surface area contributed by atoms with Gasteiger partial charge in [-0.05, 0) is 0 Å². The molecule has 2 aromatic heterocycles. The van der Waals surface area contributed by atoms with Gasteiger partial charge in [0.2, 0.25) is 0 Å². The number of rotatable bonds is 4. The van der Waals surface area contributed by atoms with E-state index >= 15 is 0 Å². The number of carbonyl (C=O) groups is 1. The van der Waals surface area contributed by atoms with Crippen LogP contribution in [0.15, 0.2) is 18.5 Å². The second-order valence-electron chi connectivity index (χ2n) is 3.77. The SMILES string of the molecule is CCc1ncc(Nc2ccn(C)n2)c(C(N)=O)n1. The third kappa shape index (κ3) is 2.45. The molecule has 0 unspecified atom stereocenters. The summed E-state index contributed by atoms with van der Waals surface area (Å²) in [7, 11) is 1.80. The van der Waals surface area contributed by atoms with Gasteiger partial charge in [0.05, 0.1) is 11.9 Å². The van der Waals surface area contributed by atoms with Crippen molar-refractivity contribution in [1.82, 2.24) is 19.7 Å². The number of hydrogen-bond donors (Lipinski definition) is 2. The molecule has 0 fully saturated rings. The molecule has 0 atom stereocenters. The first kappa shape index (κ1) is 12.0. The summed E-state index contributed by atoms with van der Waals surface area (Å²) in [5.41, 5.74) is 5.93. The number of nitrogens with zero attached hydrogens (tertiary/aromatic N) is 4. The topological polar surface area (TPSA) is 98.7 Å². The second-order valence-corrected chi connectivity index (χ2v) is 3.77. The number of nitrogens with one attached hydrogen (secondary N) is 1. The number of aromatic nitrogens is 4. The Morgan fingerprint density at radius 2 is 2.33 bits per heavy atom. The maximum absolute atomic E-state index is 11.4. The van der Waals surface area contributed by atoms with Crippen molar-refractivity contribution in [2.45, 2.75) is 13.3 Å². The molecule has 3 N–H and O–H groups in total. The zero-order chi connectivity index (χ0) is 13.1. The lowest BCUT2D eigenvalue weighted by Crippen LogP contribution is -2.17. The Labute approximate surface area is 104 Å². The number of amides is 1. The molecule has 7 heteroatoms. The maximum atomic E-state index is 11.4. The molecule has 0 spiro atoms. The first-order chi connectivity index (χ1) is 8.60. The lowest BCUT2D eigenvalue weighted by atomic mass is 10.3. The van der Waals surface area contributed by atoms with Crippen LogP contribution in [0.1, 0.15) is 23.2 Å². The van der Waals surface area contributed by atoms with Crippen LogP contribution in [0.4, 0.5) is 11.5 Å². The van der Waals surface area contributed by atoms with E-state index in [1.807, 2.05) is 6.92 Å². The highest BCUT2D eigenvalue weighted by atomic mass is 16.1. The summed E-state index contributed by atoms with van der Waals surface area (Å²) in [6.45, 7) is 1.91. The Morgan fingerprint density at radius 3 is 2.89 bits per heavy atom. The molecular formula is C11H14N6O. The molecule has 18 heavy (non-hydrogen) atoms. The Balaban J connectivity index is 2.34. The van der Waals surface area contributed by atoms with E-state index in [1.165, 1.54) is 0 Å². The maximum Gasteiger partial charge on any atom is 0.269 e. The van der Waals surface area contributed by atoms with Crippen molar-refractivity contribution in [3.63, 3.8) is 0 Å². The fraction of sp³-hybridized carbons (Fsp3) is 0.273. The molecule has 2 heterocycles. The van der Waals surface area contributed by atoms with Crippen LogP contribution in [0.3, 0.4) is 0 Å². The highest BCUT2D eigenvalue weighted by Gasteiger charge is 2.12. The minimum absolute atomic E-state index is 0.174. The average molecular weight is 246 g/mol. The molecule has 2 rings (SSSR count). The fourth-order valence-corrected chi connectivity index (χ4v) is 1.49. The zero-order valence-corrected chi connectivity index (χ0v) is 10.2. The Hall–Kier alpha value is -2.44. The molecule has 2 aromatic rings. The van der Waals surface area contributed by atoms with Crippen molar-refractivity contribution in [3.8, 4) is 0 Å². The van der Waals surface area contributed by atoms with Crippen molar-refractivity contribution < 1.29 is 4.79 Å². The van der Waals surface area contributed by atoms with Gasteiger partial charge >= 0.3 is 0 Å². The third-order valence-corrected chi connectivity index (χ3v) is 2.36. The van der Waals surface area contributed by atoms with Crippen LogP contribution in [0.25, 0.3) is 0 Å². The van der Waals surface area contributed by atoms with E-state index < -0.39 is 5.91 Å². The van der Waals surface area contributed by atoms with Gasteiger partial charge < -0.3 is 11.1 Å². The van der Waals surface area contributed by atoms with Crippen LogP contribution in [0.5, 0.6) is 0 Å². The molecule has 1 amide bonds. The molecule has 0 aliphatic heterocycles. The minimum atomic E-state index is -0.592. The van der Waals surface area contributed by atoms with Gasteiger partial charge in [-0.3, -0.25) is 9.48 Å². The van der Waals surface area contributed by atoms with Gasteiger partial charge in [-0.25, -0.2) is 9.97 Å². The standard InChI is InChI=1S/C11H14N6O/c1-3-8-13-6-7(10(15-8)11(12)18)14-9-4-5-17(2)16-9/h4-6H,3H2,1-2H3,(H2,12,18)(H,14,16). The van der Waals surface area contributed by atoms with Crippen molar-refractivity contribution in [2.75, 3.05) is 5.32 Å². The molecule has 94 valence electrons. The summed E-state index contributed by atoms with van der Waals surface area (Å²) in [4.78, 5) is 19.6. The van der Waals surface area contributed by atoms with E-state index in [4.69, 9.17) is 5.73 Å². The van der Waals surface area contributed by atoms with Crippen LogP contribution in [-0.2, 0) is 13.5 Å². The van der Waals surface area contributed by atoms with Gasteiger partial charge in [0.25, 0.3) is 5.91 Å². The summed E-state index contributed by atoms with van der Waals surface area (Å²) in [6, 6.07) is 1.78. The van der Waals surface area contributed by atoms with Crippen molar-refractivity contribution in [2.24, 2.45) is 12.8 Å². The first-order valence-corrected chi connectivity index (χ1v) is 5.52. The van der Waals surface area contributed by atoms with E-state index in [9.17, 15) is 4.79 Å². The van der Waals surface area contributed by atoms with Crippen LogP contribution in [0.2, 0.25) is 0 Å². The van der Waals surface area contributed by atoms with E-state index in [-0.39, 0.29) is 5.69 Å². The number of anilines is 2. The first-order valence-electron chi connectivity index (χ1n) is 5.52. The Kier molecular flexibility index (Phi) is 3.22. The van der Waals surface area contributed by atoms with Crippen molar-refractivity contribution in [3.05, 3.63) is 30.0 Å². The van der Waals surface area contributed by atoms with Crippen LogP contribution in [-0.4, -0.2) is 25.7 Å². The second kappa shape index (κ2) is 4.82. The van der Waals surface area contributed by atoms with Gasteiger partial charge in [0.1, 0.15) is 5.82 Å². The average Bonchev–Trinajstić information content (AvgIpc) is 2.75. The zero-order valence-electron chi connectivity index (χ0n) is 10.2. The van der Waals surface area contributed by atoms with Gasteiger partial charge in [-0.2, -0.15) is 5.10 Å². The summed E-state index contributed by atoms with van der Waals surface area (Å²) in [5, 5.41) is 7.12. The van der Waals surface area contributed by atoms with E-state index in [0.29, 0.717) is 23.8 Å². The van der Waals surface area contributed by atoms with E-state index in [0.717, 1.165) is 0 Å². The lowest BCUT2D eigenvalue weighted by Gasteiger charge is -2.07. The largest absolute Gasteiger partial charge is 0.364 e. The quantitative estimate of drug-likeness (QED) is 0.823. The van der Waals surface area contributed by atoms with Crippen LogP contribution >= 0.6 is 0 Å². The van der Waals surface area contributed by atoms with Gasteiger partial charge in [0, 0.05) is 25.7 Å². The predicted molar refractivity (Wildman–Crippen MR) is 66.4 cm³/mol. The molecule has 0 saturated carbocycles. The highest BCUT2D eigenvalue weighted by molar-refractivity contribution is 5.96. The van der Waals surface area contributed by atoms with Crippen molar-refractivity contribution in [1.29, 1.82) is 0 Å². The summed E-state index contributed by atoms with van der Waals surface area (Å²) >= 11 is 0. The van der Waals surface area contributed by atoms with E-state index in [2.05, 4.69) is 20.4 Å². The van der Waals surface area contributed by atoms with E-state index in [1.54, 1.807) is 30.2 Å². The molecule has 0 bridgehead atoms. The molecule has 0 saturated heterocycles. The van der Waals surface area contributed by atoms with Gasteiger partial charge in [0.15, 0.2) is 11.5 Å². The Morgan fingerprint density at radius 1 is 1.56 bits per heavy atom. The van der Waals surface area contributed by atoms with Crippen LogP contribution < -0.4 is 11.1 Å². The molecule has 0 aliphatic carbocycles. The minimum Gasteiger partial charge on any atom is -0.364 e. The van der Waals surface area contributed by atoms with Crippen molar-refractivity contribution >= 4 is 17.4 Å². The molecule has 0 aliphatic rings. The number of carbonyl (C=O) groups excluding carboxylic acids is 1. The van der Waals surface area contributed by atoms with Gasteiger partial charge in [-0.15, -0.1) is 0 Å². The molecule has 7 nitrogen and oxygen atoms in total. The number of nitrogens with two attached hydrogens (primary N) is 1. The molecular weight excluding hydrogens is 232 g/mol. The molecule has 0 aromatic carbocycles. The lowest BCUT2D eigenvalue weighted by molar-refractivity contribution is 0.0996. The monoisotopic (exact) mass is 246 g/mol. The summed E-state index contributed by atoms with van der Waals surface area (Å²) in [5.74, 6) is 0.591. The normalized spacial score (nSPS) is 10.3. The van der Waals surface area contributed by atoms with Gasteiger partial charge in [-0.1, -0.05) is 6.92 Å².